The van der Waals surface area contributed by atoms with Crippen molar-refractivity contribution < 1.29 is 14.3 Å². The van der Waals surface area contributed by atoms with Gasteiger partial charge in [0.2, 0.25) is 5.91 Å². The second-order valence-electron chi connectivity index (χ2n) is 4.63. The molecular weight excluding hydrogens is 230 g/mol. The molecule has 0 heterocycles. The van der Waals surface area contributed by atoms with Crippen molar-refractivity contribution in [1.82, 2.24) is 5.32 Å². The van der Waals surface area contributed by atoms with E-state index in [0.717, 1.165) is 24.0 Å². The summed E-state index contributed by atoms with van der Waals surface area (Å²) in [6, 6.07) is 3.85. The molecule has 1 fully saturated rings. The van der Waals surface area contributed by atoms with Gasteiger partial charge in [0.05, 0.1) is 14.2 Å². The predicted molar refractivity (Wildman–Crippen MR) is 68.9 cm³/mol. The van der Waals surface area contributed by atoms with Gasteiger partial charge in [0, 0.05) is 12.5 Å². The average Bonchev–Trinajstić information content (AvgIpc) is 3.20. The summed E-state index contributed by atoms with van der Waals surface area (Å²) in [4.78, 5) is 11.6. The average molecular weight is 249 g/mol. The Morgan fingerprint density at radius 1 is 1.28 bits per heavy atom. The maximum atomic E-state index is 11.6. The van der Waals surface area contributed by atoms with E-state index in [1.54, 1.807) is 14.2 Å². The van der Waals surface area contributed by atoms with Gasteiger partial charge in [-0.05, 0) is 43.0 Å². The van der Waals surface area contributed by atoms with Crippen molar-refractivity contribution in [3.05, 3.63) is 23.3 Å². The molecule has 1 saturated carbocycles. The van der Waals surface area contributed by atoms with Crippen LogP contribution in [0.15, 0.2) is 12.1 Å². The van der Waals surface area contributed by atoms with Crippen molar-refractivity contribution in [2.75, 3.05) is 14.2 Å². The Kier molecular flexibility index (Phi) is 3.75. The van der Waals surface area contributed by atoms with E-state index in [9.17, 15) is 4.79 Å². The highest BCUT2D eigenvalue weighted by atomic mass is 16.5. The summed E-state index contributed by atoms with van der Waals surface area (Å²) in [7, 11) is 3.23. The Balaban J connectivity index is 2.09. The lowest BCUT2D eigenvalue weighted by Gasteiger charge is -2.13. The largest absolute Gasteiger partial charge is 0.493 e. The van der Waals surface area contributed by atoms with Crippen molar-refractivity contribution in [2.45, 2.75) is 26.3 Å². The molecule has 4 heteroatoms. The lowest BCUT2D eigenvalue weighted by molar-refractivity contribution is -0.122. The minimum atomic E-state index is 0.157. The van der Waals surface area contributed by atoms with Crippen molar-refractivity contribution in [1.29, 1.82) is 0 Å². The first-order valence-corrected chi connectivity index (χ1v) is 6.15. The normalized spacial score (nSPS) is 14.2. The Morgan fingerprint density at radius 2 is 1.89 bits per heavy atom. The summed E-state index contributed by atoms with van der Waals surface area (Å²) in [5.74, 6) is 1.81. The van der Waals surface area contributed by atoms with E-state index < -0.39 is 0 Å². The standard InChI is InChI=1S/C14H19NO3/c1-9-6-12(17-2)13(18-3)7-11(9)8-15-14(16)10-4-5-10/h6-7,10H,4-5,8H2,1-3H3,(H,15,16). The third-order valence-corrected chi connectivity index (χ3v) is 3.24. The van der Waals surface area contributed by atoms with Crippen LogP contribution in [0.5, 0.6) is 11.5 Å². The van der Waals surface area contributed by atoms with Gasteiger partial charge in [-0.25, -0.2) is 0 Å². The molecule has 4 nitrogen and oxygen atoms in total. The van der Waals surface area contributed by atoms with Crippen molar-refractivity contribution in [3.8, 4) is 11.5 Å². The van der Waals surface area contributed by atoms with Crippen LogP contribution in [0.3, 0.4) is 0 Å². The van der Waals surface area contributed by atoms with Crippen LogP contribution in [0, 0.1) is 12.8 Å². The van der Waals surface area contributed by atoms with Gasteiger partial charge in [0.15, 0.2) is 11.5 Å². The highest BCUT2D eigenvalue weighted by Gasteiger charge is 2.29. The van der Waals surface area contributed by atoms with Crippen LogP contribution in [0.2, 0.25) is 0 Å². The maximum absolute atomic E-state index is 11.6. The van der Waals surface area contributed by atoms with Crippen molar-refractivity contribution >= 4 is 5.91 Å². The van der Waals surface area contributed by atoms with Crippen LogP contribution in [0.25, 0.3) is 0 Å². The first kappa shape index (κ1) is 12.7. The second-order valence-corrected chi connectivity index (χ2v) is 4.63. The molecule has 18 heavy (non-hydrogen) atoms. The minimum Gasteiger partial charge on any atom is -0.493 e. The summed E-state index contributed by atoms with van der Waals surface area (Å²) >= 11 is 0. The number of carbonyl (C=O) groups is 1. The number of rotatable bonds is 5. The van der Waals surface area contributed by atoms with Gasteiger partial charge in [-0.2, -0.15) is 0 Å². The van der Waals surface area contributed by atoms with E-state index in [0.29, 0.717) is 18.0 Å². The monoisotopic (exact) mass is 249 g/mol. The molecule has 0 spiro atoms. The van der Waals surface area contributed by atoms with E-state index >= 15 is 0 Å². The van der Waals surface area contributed by atoms with Gasteiger partial charge in [-0.15, -0.1) is 0 Å². The Morgan fingerprint density at radius 3 is 2.44 bits per heavy atom. The number of methoxy groups -OCH3 is 2. The quantitative estimate of drug-likeness (QED) is 0.868. The highest BCUT2D eigenvalue weighted by molar-refractivity contribution is 5.80. The lowest BCUT2D eigenvalue weighted by Crippen LogP contribution is -2.24. The number of benzene rings is 1. The molecule has 1 aromatic carbocycles. The summed E-state index contributed by atoms with van der Waals surface area (Å²) in [5.41, 5.74) is 2.14. The van der Waals surface area contributed by atoms with Crippen molar-refractivity contribution in [3.63, 3.8) is 0 Å². The number of amides is 1. The van der Waals surface area contributed by atoms with Crippen LogP contribution in [-0.2, 0) is 11.3 Å². The topological polar surface area (TPSA) is 47.6 Å². The molecule has 0 bridgehead atoms. The number of nitrogens with one attached hydrogen (secondary N) is 1. The fraction of sp³-hybridized carbons (Fsp3) is 0.500. The zero-order chi connectivity index (χ0) is 13.1. The fourth-order valence-electron chi connectivity index (χ4n) is 1.89. The molecule has 1 amide bonds. The molecule has 1 aliphatic rings. The third kappa shape index (κ3) is 2.75. The molecule has 0 saturated heterocycles. The molecule has 0 aliphatic heterocycles. The zero-order valence-corrected chi connectivity index (χ0v) is 11.1. The number of hydrogen-bond donors (Lipinski definition) is 1. The molecule has 1 N–H and O–H groups in total. The number of hydrogen-bond acceptors (Lipinski definition) is 3. The molecule has 2 rings (SSSR count). The van der Waals surface area contributed by atoms with Gasteiger partial charge in [0.1, 0.15) is 0 Å². The molecule has 98 valence electrons. The molecule has 0 aromatic heterocycles. The number of ether oxygens (including phenoxy) is 2. The molecule has 1 aromatic rings. The van der Waals surface area contributed by atoms with E-state index in [2.05, 4.69) is 5.32 Å². The Hall–Kier alpha value is -1.71. The minimum absolute atomic E-state index is 0.157. The maximum Gasteiger partial charge on any atom is 0.223 e. The second kappa shape index (κ2) is 5.29. The summed E-state index contributed by atoms with van der Waals surface area (Å²) in [5, 5.41) is 2.96. The van der Waals surface area contributed by atoms with Gasteiger partial charge < -0.3 is 14.8 Å². The van der Waals surface area contributed by atoms with E-state index in [1.165, 1.54) is 0 Å². The first-order chi connectivity index (χ1) is 8.65. The van der Waals surface area contributed by atoms with Crippen LogP contribution >= 0.6 is 0 Å². The van der Waals surface area contributed by atoms with E-state index in [4.69, 9.17) is 9.47 Å². The SMILES string of the molecule is COc1cc(C)c(CNC(=O)C2CC2)cc1OC. The summed E-state index contributed by atoms with van der Waals surface area (Å²) in [6.45, 7) is 2.54. The number of carbonyl (C=O) groups excluding carboxylic acids is 1. The highest BCUT2D eigenvalue weighted by Crippen LogP contribution is 2.31. The number of aryl methyl sites for hydroxylation is 1. The van der Waals surface area contributed by atoms with Crippen LogP contribution < -0.4 is 14.8 Å². The Labute approximate surface area is 107 Å². The van der Waals surface area contributed by atoms with Crippen LogP contribution in [-0.4, -0.2) is 20.1 Å². The molecule has 1 aliphatic carbocycles. The zero-order valence-electron chi connectivity index (χ0n) is 11.1. The van der Waals surface area contributed by atoms with Gasteiger partial charge in [0.25, 0.3) is 0 Å². The van der Waals surface area contributed by atoms with E-state index in [1.807, 2.05) is 19.1 Å². The van der Waals surface area contributed by atoms with Gasteiger partial charge in [-0.3, -0.25) is 4.79 Å². The van der Waals surface area contributed by atoms with Gasteiger partial charge >= 0.3 is 0 Å². The fourth-order valence-corrected chi connectivity index (χ4v) is 1.89. The molecular formula is C14H19NO3. The molecule has 0 unspecified atom stereocenters. The third-order valence-electron chi connectivity index (χ3n) is 3.24. The first-order valence-electron chi connectivity index (χ1n) is 6.15. The molecule has 0 radical (unpaired) electrons. The lowest BCUT2D eigenvalue weighted by atomic mass is 10.1. The van der Waals surface area contributed by atoms with Crippen molar-refractivity contribution in [2.24, 2.45) is 5.92 Å². The summed E-state index contributed by atoms with van der Waals surface area (Å²) < 4.78 is 10.5. The predicted octanol–water partition coefficient (Wildman–Crippen LogP) is 2.04. The smallest absolute Gasteiger partial charge is 0.223 e. The van der Waals surface area contributed by atoms with Crippen LogP contribution in [0.1, 0.15) is 24.0 Å². The summed E-state index contributed by atoms with van der Waals surface area (Å²) in [6.07, 6.45) is 2.05. The van der Waals surface area contributed by atoms with Crippen LogP contribution in [0.4, 0.5) is 0 Å². The van der Waals surface area contributed by atoms with Gasteiger partial charge in [-0.1, -0.05) is 0 Å². The Bertz CT molecular complexity index is 453. The van der Waals surface area contributed by atoms with E-state index in [-0.39, 0.29) is 11.8 Å². The molecule has 0 atom stereocenters.